The lowest BCUT2D eigenvalue weighted by molar-refractivity contribution is -0.131. The van der Waals surface area contributed by atoms with Crippen LogP contribution in [0.4, 0.5) is 0 Å². The fourth-order valence-electron chi connectivity index (χ4n) is 2.20. The van der Waals surface area contributed by atoms with Crippen molar-refractivity contribution in [3.8, 4) is 5.75 Å². The van der Waals surface area contributed by atoms with Crippen molar-refractivity contribution in [1.29, 1.82) is 0 Å². The standard InChI is InChI=1S/C19H19ClN2O4/c1-13(23)26-15-7-4-6-14(12-15)18(24)21-10-5-11-22-19(25)16-8-2-3-9-17(16)20/h2-4,6-9,12H,5,10-11H2,1H3,(H,21,24)(H,22,25). The summed E-state index contributed by atoms with van der Waals surface area (Å²) in [7, 11) is 0. The molecule has 2 N–H and O–H groups in total. The molecule has 6 nitrogen and oxygen atoms in total. The quantitative estimate of drug-likeness (QED) is 0.443. The molecule has 0 heterocycles. The molecule has 0 unspecified atom stereocenters. The molecule has 136 valence electrons. The van der Waals surface area contributed by atoms with Crippen LogP contribution >= 0.6 is 11.6 Å². The van der Waals surface area contributed by atoms with Gasteiger partial charge in [-0.1, -0.05) is 29.8 Å². The second-order valence-corrected chi connectivity index (χ2v) is 5.87. The number of nitrogens with one attached hydrogen (secondary N) is 2. The van der Waals surface area contributed by atoms with Crippen molar-refractivity contribution in [3.05, 3.63) is 64.7 Å². The van der Waals surface area contributed by atoms with Gasteiger partial charge in [0.15, 0.2) is 0 Å². The highest BCUT2D eigenvalue weighted by molar-refractivity contribution is 6.33. The van der Waals surface area contributed by atoms with Crippen molar-refractivity contribution in [2.75, 3.05) is 13.1 Å². The van der Waals surface area contributed by atoms with Gasteiger partial charge in [0.2, 0.25) is 0 Å². The van der Waals surface area contributed by atoms with Gasteiger partial charge in [-0.2, -0.15) is 0 Å². The smallest absolute Gasteiger partial charge is 0.308 e. The van der Waals surface area contributed by atoms with E-state index in [-0.39, 0.29) is 11.8 Å². The lowest BCUT2D eigenvalue weighted by Gasteiger charge is -2.08. The van der Waals surface area contributed by atoms with Crippen LogP contribution in [0.3, 0.4) is 0 Å². The van der Waals surface area contributed by atoms with Gasteiger partial charge in [-0.05, 0) is 36.8 Å². The SMILES string of the molecule is CC(=O)Oc1cccc(C(=O)NCCCNC(=O)c2ccccc2Cl)c1. The van der Waals surface area contributed by atoms with Crippen LogP contribution in [0.2, 0.25) is 5.02 Å². The Labute approximate surface area is 156 Å². The largest absolute Gasteiger partial charge is 0.427 e. The van der Waals surface area contributed by atoms with Gasteiger partial charge in [-0.3, -0.25) is 14.4 Å². The summed E-state index contributed by atoms with van der Waals surface area (Å²) in [5, 5.41) is 5.89. The molecule has 2 rings (SSSR count). The van der Waals surface area contributed by atoms with Crippen molar-refractivity contribution in [2.45, 2.75) is 13.3 Å². The first-order valence-electron chi connectivity index (χ1n) is 8.07. The average Bonchev–Trinajstić information content (AvgIpc) is 2.61. The zero-order valence-electron chi connectivity index (χ0n) is 14.3. The maximum absolute atomic E-state index is 12.1. The molecule has 0 bridgehead atoms. The summed E-state index contributed by atoms with van der Waals surface area (Å²) < 4.78 is 4.95. The van der Waals surface area contributed by atoms with Crippen LogP contribution in [0.5, 0.6) is 5.75 Å². The van der Waals surface area contributed by atoms with E-state index >= 15 is 0 Å². The predicted octanol–water partition coefficient (Wildman–Crippen LogP) is 2.82. The molecular formula is C19H19ClN2O4. The number of hydrogen-bond donors (Lipinski definition) is 2. The Bertz CT molecular complexity index is 808. The molecule has 0 spiro atoms. The van der Waals surface area contributed by atoms with Crippen molar-refractivity contribution < 1.29 is 19.1 Å². The number of amides is 2. The molecule has 7 heteroatoms. The summed E-state index contributed by atoms with van der Waals surface area (Å²) in [6.07, 6.45) is 0.561. The summed E-state index contributed by atoms with van der Waals surface area (Å²) in [5.74, 6) is -0.665. The number of benzene rings is 2. The highest BCUT2D eigenvalue weighted by Crippen LogP contribution is 2.14. The molecule has 26 heavy (non-hydrogen) atoms. The fourth-order valence-corrected chi connectivity index (χ4v) is 2.42. The van der Waals surface area contributed by atoms with Gasteiger partial charge >= 0.3 is 5.97 Å². The van der Waals surface area contributed by atoms with E-state index < -0.39 is 5.97 Å². The molecule has 2 aromatic carbocycles. The van der Waals surface area contributed by atoms with Crippen LogP contribution in [-0.2, 0) is 4.79 Å². The molecule has 0 saturated carbocycles. The molecular weight excluding hydrogens is 356 g/mol. The second-order valence-electron chi connectivity index (χ2n) is 5.47. The lowest BCUT2D eigenvalue weighted by Crippen LogP contribution is -2.30. The minimum Gasteiger partial charge on any atom is -0.427 e. The number of rotatable bonds is 7. The molecule has 0 aromatic heterocycles. The van der Waals surface area contributed by atoms with E-state index in [1.165, 1.54) is 13.0 Å². The first-order valence-corrected chi connectivity index (χ1v) is 8.44. The average molecular weight is 375 g/mol. The van der Waals surface area contributed by atoms with Crippen LogP contribution in [0.15, 0.2) is 48.5 Å². The maximum Gasteiger partial charge on any atom is 0.308 e. The Balaban J connectivity index is 1.74. The summed E-state index contributed by atoms with van der Waals surface area (Å²) >= 11 is 5.96. The van der Waals surface area contributed by atoms with Gasteiger partial charge in [0.1, 0.15) is 5.75 Å². The van der Waals surface area contributed by atoms with Gasteiger partial charge in [-0.25, -0.2) is 0 Å². The number of esters is 1. The molecule has 0 aliphatic rings. The topological polar surface area (TPSA) is 84.5 Å². The number of halogens is 1. The summed E-state index contributed by atoms with van der Waals surface area (Å²) in [4.78, 5) is 35.0. The van der Waals surface area contributed by atoms with Gasteiger partial charge in [0, 0.05) is 25.6 Å². The van der Waals surface area contributed by atoms with Crippen molar-refractivity contribution >= 4 is 29.4 Å². The van der Waals surface area contributed by atoms with Crippen LogP contribution < -0.4 is 15.4 Å². The van der Waals surface area contributed by atoms with E-state index in [0.29, 0.717) is 41.4 Å². The fraction of sp³-hybridized carbons (Fsp3) is 0.211. The van der Waals surface area contributed by atoms with Gasteiger partial charge in [-0.15, -0.1) is 0 Å². The third kappa shape index (κ3) is 5.89. The maximum atomic E-state index is 12.1. The number of ether oxygens (including phenoxy) is 1. The third-order valence-electron chi connectivity index (χ3n) is 3.40. The van der Waals surface area contributed by atoms with Gasteiger partial charge < -0.3 is 15.4 Å². The summed E-state index contributed by atoms with van der Waals surface area (Å²) in [6, 6.07) is 13.2. The molecule has 0 aliphatic carbocycles. The van der Waals surface area contributed by atoms with E-state index in [4.69, 9.17) is 16.3 Å². The van der Waals surface area contributed by atoms with Gasteiger partial charge in [0.05, 0.1) is 10.6 Å². The molecule has 0 aliphatic heterocycles. The normalized spacial score (nSPS) is 10.1. The lowest BCUT2D eigenvalue weighted by atomic mass is 10.2. The Morgan fingerprint density at radius 3 is 2.35 bits per heavy atom. The van der Waals surface area contributed by atoms with E-state index in [1.807, 2.05) is 0 Å². The monoisotopic (exact) mass is 374 g/mol. The molecule has 2 aromatic rings. The molecule has 0 fully saturated rings. The van der Waals surface area contributed by atoms with Crippen LogP contribution in [-0.4, -0.2) is 30.9 Å². The van der Waals surface area contributed by atoms with Crippen LogP contribution in [0, 0.1) is 0 Å². The van der Waals surface area contributed by atoms with E-state index in [9.17, 15) is 14.4 Å². The van der Waals surface area contributed by atoms with Crippen molar-refractivity contribution in [3.63, 3.8) is 0 Å². The highest BCUT2D eigenvalue weighted by atomic mass is 35.5. The molecule has 0 atom stereocenters. The van der Waals surface area contributed by atoms with Crippen LogP contribution in [0.25, 0.3) is 0 Å². The predicted molar refractivity (Wildman–Crippen MR) is 98.5 cm³/mol. The Hall–Kier alpha value is -2.86. The second kappa shape index (κ2) is 9.58. The van der Waals surface area contributed by atoms with E-state index in [2.05, 4.69) is 10.6 Å². The zero-order chi connectivity index (χ0) is 18.9. The summed E-state index contributed by atoms with van der Waals surface area (Å²) in [6.45, 7) is 2.08. The Morgan fingerprint density at radius 2 is 1.65 bits per heavy atom. The van der Waals surface area contributed by atoms with Crippen molar-refractivity contribution in [2.24, 2.45) is 0 Å². The minimum absolute atomic E-state index is 0.254. The first kappa shape index (κ1) is 19.5. The summed E-state index contributed by atoms with van der Waals surface area (Å²) in [5.41, 5.74) is 0.810. The molecule has 0 radical (unpaired) electrons. The molecule has 0 saturated heterocycles. The first-order chi connectivity index (χ1) is 12.5. The van der Waals surface area contributed by atoms with E-state index in [1.54, 1.807) is 42.5 Å². The number of carbonyl (C=O) groups excluding carboxylic acids is 3. The zero-order valence-corrected chi connectivity index (χ0v) is 15.0. The Morgan fingerprint density at radius 1 is 0.962 bits per heavy atom. The van der Waals surface area contributed by atoms with Crippen molar-refractivity contribution in [1.82, 2.24) is 10.6 Å². The third-order valence-corrected chi connectivity index (χ3v) is 3.73. The highest BCUT2D eigenvalue weighted by Gasteiger charge is 2.09. The van der Waals surface area contributed by atoms with Gasteiger partial charge in [0.25, 0.3) is 11.8 Å². The Kier molecular flexibility index (Phi) is 7.17. The number of carbonyl (C=O) groups is 3. The minimum atomic E-state index is -0.447. The van der Waals surface area contributed by atoms with Crippen LogP contribution in [0.1, 0.15) is 34.1 Å². The number of hydrogen-bond acceptors (Lipinski definition) is 4. The van der Waals surface area contributed by atoms with E-state index in [0.717, 1.165) is 0 Å². The molecule has 2 amide bonds.